The highest BCUT2D eigenvalue weighted by atomic mass is 19.4. The van der Waals surface area contributed by atoms with Gasteiger partial charge in [0.1, 0.15) is 5.69 Å². The van der Waals surface area contributed by atoms with Crippen molar-refractivity contribution in [2.24, 2.45) is 0 Å². The summed E-state index contributed by atoms with van der Waals surface area (Å²) in [7, 11) is 0. The minimum atomic E-state index is -4.46. The number of nitrogens with one attached hydrogen (secondary N) is 1. The summed E-state index contributed by atoms with van der Waals surface area (Å²) in [6, 6.07) is 1.44. The highest BCUT2D eigenvalue weighted by Crippen LogP contribution is 2.36. The Kier molecular flexibility index (Phi) is 1.67. The molecule has 2 aromatic rings. The van der Waals surface area contributed by atoms with Gasteiger partial charge >= 0.3 is 6.18 Å². The van der Waals surface area contributed by atoms with Crippen LogP contribution in [0.5, 0.6) is 0 Å². The second kappa shape index (κ2) is 2.63. The number of aromatic nitrogens is 2. The zero-order valence-electron chi connectivity index (χ0n) is 6.89. The highest BCUT2D eigenvalue weighted by Gasteiger charge is 2.35. The van der Waals surface area contributed by atoms with Gasteiger partial charge in [-0.3, -0.25) is 4.98 Å². The molecule has 0 amide bonds. The third-order valence-corrected chi connectivity index (χ3v) is 1.92. The number of nitrogen functional groups attached to an aromatic ring is 1. The average molecular weight is 201 g/mol. The molecule has 6 heteroatoms. The molecule has 2 rings (SSSR count). The molecule has 0 aliphatic rings. The molecule has 14 heavy (non-hydrogen) atoms. The number of hydrogen-bond donors (Lipinski definition) is 2. The number of rotatable bonds is 0. The van der Waals surface area contributed by atoms with E-state index in [-0.39, 0.29) is 11.2 Å². The van der Waals surface area contributed by atoms with Gasteiger partial charge < -0.3 is 10.7 Å². The van der Waals surface area contributed by atoms with Crippen LogP contribution in [-0.4, -0.2) is 9.97 Å². The van der Waals surface area contributed by atoms with E-state index in [1.54, 1.807) is 0 Å². The summed E-state index contributed by atoms with van der Waals surface area (Å²) in [6.45, 7) is 0. The van der Waals surface area contributed by atoms with Crippen molar-refractivity contribution in [3.8, 4) is 0 Å². The van der Waals surface area contributed by atoms with Crippen molar-refractivity contribution in [1.29, 1.82) is 0 Å². The van der Waals surface area contributed by atoms with Gasteiger partial charge in [-0.05, 0) is 6.07 Å². The van der Waals surface area contributed by atoms with E-state index in [0.29, 0.717) is 5.39 Å². The summed E-state index contributed by atoms with van der Waals surface area (Å²) in [4.78, 5) is 5.89. The average Bonchev–Trinajstić information content (AvgIpc) is 2.44. The fourth-order valence-electron chi connectivity index (χ4n) is 1.29. The van der Waals surface area contributed by atoms with E-state index in [1.165, 1.54) is 18.5 Å². The standard InChI is InChI=1S/C8H6F3N3/c9-8(10,11)7-6(12)4-1-2-13-3-5(4)14-7/h1-3,14H,12H2. The number of nitrogens with two attached hydrogens (primary N) is 1. The minimum Gasteiger partial charge on any atom is -0.396 e. The molecule has 0 atom stereocenters. The predicted octanol–water partition coefficient (Wildman–Crippen LogP) is 2.16. The third-order valence-electron chi connectivity index (χ3n) is 1.92. The normalized spacial score (nSPS) is 12.2. The molecule has 74 valence electrons. The Labute approximate surface area is 76.7 Å². The van der Waals surface area contributed by atoms with Gasteiger partial charge in [-0.2, -0.15) is 13.2 Å². The number of hydrogen-bond acceptors (Lipinski definition) is 2. The number of aromatic amines is 1. The number of anilines is 1. The molecule has 0 aliphatic heterocycles. The highest BCUT2D eigenvalue weighted by molar-refractivity contribution is 5.92. The second-order valence-corrected chi connectivity index (χ2v) is 2.83. The summed E-state index contributed by atoms with van der Waals surface area (Å²) in [5, 5.41) is 0.340. The van der Waals surface area contributed by atoms with Crippen molar-refractivity contribution in [2.45, 2.75) is 6.18 Å². The number of pyridine rings is 1. The van der Waals surface area contributed by atoms with Gasteiger partial charge in [-0.1, -0.05) is 0 Å². The monoisotopic (exact) mass is 201 g/mol. The molecule has 3 nitrogen and oxygen atoms in total. The lowest BCUT2D eigenvalue weighted by atomic mass is 10.2. The first-order chi connectivity index (χ1) is 6.50. The topological polar surface area (TPSA) is 54.7 Å². The molecule has 0 spiro atoms. The maximum absolute atomic E-state index is 12.4. The van der Waals surface area contributed by atoms with Crippen LogP contribution < -0.4 is 5.73 Å². The molecule has 0 unspecified atom stereocenters. The fraction of sp³-hybridized carbons (Fsp3) is 0.125. The first kappa shape index (κ1) is 8.86. The minimum absolute atomic E-state index is 0.282. The Morgan fingerprint density at radius 3 is 2.64 bits per heavy atom. The molecule has 0 radical (unpaired) electrons. The SMILES string of the molecule is Nc1c(C(F)(F)F)[nH]c2cnccc12. The number of alkyl halides is 3. The van der Waals surface area contributed by atoms with Gasteiger partial charge in [0.05, 0.1) is 17.4 Å². The zero-order chi connectivity index (χ0) is 10.3. The van der Waals surface area contributed by atoms with Gasteiger partial charge in [0, 0.05) is 11.6 Å². The molecule has 0 aliphatic carbocycles. The van der Waals surface area contributed by atoms with Crippen LogP contribution in [0.3, 0.4) is 0 Å². The summed E-state index contributed by atoms with van der Waals surface area (Å²) in [6.07, 6.45) is -1.75. The molecular formula is C8H6F3N3. The van der Waals surface area contributed by atoms with Gasteiger partial charge in [-0.15, -0.1) is 0 Å². The summed E-state index contributed by atoms with van der Waals surface area (Å²) in [5.74, 6) is 0. The molecule has 0 aromatic carbocycles. The smallest absolute Gasteiger partial charge is 0.396 e. The van der Waals surface area contributed by atoms with Crippen molar-refractivity contribution >= 4 is 16.6 Å². The molecule has 2 aromatic heterocycles. The Hall–Kier alpha value is -1.72. The lowest BCUT2D eigenvalue weighted by Gasteiger charge is -2.03. The summed E-state index contributed by atoms with van der Waals surface area (Å²) in [5.41, 5.74) is 4.44. The van der Waals surface area contributed by atoms with Gasteiger partial charge in [0.2, 0.25) is 0 Å². The maximum Gasteiger partial charge on any atom is 0.433 e. The number of halogens is 3. The fourth-order valence-corrected chi connectivity index (χ4v) is 1.29. The molecule has 2 heterocycles. The molecule has 0 saturated heterocycles. The first-order valence-corrected chi connectivity index (χ1v) is 3.78. The van der Waals surface area contributed by atoms with E-state index in [0.717, 1.165) is 0 Å². The van der Waals surface area contributed by atoms with Gasteiger partial charge in [0.15, 0.2) is 0 Å². The molecule has 0 saturated carbocycles. The van der Waals surface area contributed by atoms with E-state index >= 15 is 0 Å². The number of H-pyrrole nitrogens is 1. The van der Waals surface area contributed by atoms with Gasteiger partial charge in [-0.25, -0.2) is 0 Å². The number of fused-ring (bicyclic) bond motifs is 1. The Balaban J connectivity index is 2.75. The number of nitrogens with zero attached hydrogens (tertiary/aromatic N) is 1. The summed E-state index contributed by atoms with van der Waals surface area (Å²) >= 11 is 0. The first-order valence-electron chi connectivity index (χ1n) is 3.78. The van der Waals surface area contributed by atoms with Crippen molar-refractivity contribution < 1.29 is 13.2 Å². The van der Waals surface area contributed by atoms with E-state index < -0.39 is 11.9 Å². The van der Waals surface area contributed by atoms with E-state index in [4.69, 9.17) is 5.73 Å². The Morgan fingerprint density at radius 1 is 1.36 bits per heavy atom. The quantitative estimate of drug-likeness (QED) is 0.686. The van der Waals surface area contributed by atoms with E-state index in [9.17, 15) is 13.2 Å². The van der Waals surface area contributed by atoms with Crippen molar-refractivity contribution in [3.63, 3.8) is 0 Å². The molecule has 0 fully saturated rings. The zero-order valence-corrected chi connectivity index (χ0v) is 6.89. The van der Waals surface area contributed by atoms with Crippen molar-refractivity contribution in [1.82, 2.24) is 9.97 Å². The van der Waals surface area contributed by atoms with Crippen molar-refractivity contribution in [3.05, 3.63) is 24.2 Å². The molecule has 3 N–H and O–H groups in total. The van der Waals surface area contributed by atoms with Gasteiger partial charge in [0.25, 0.3) is 0 Å². The van der Waals surface area contributed by atoms with Crippen molar-refractivity contribution in [2.75, 3.05) is 5.73 Å². The van der Waals surface area contributed by atoms with Crippen LogP contribution in [0.4, 0.5) is 18.9 Å². The van der Waals surface area contributed by atoms with Crippen LogP contribution in [0.25, 0.3) is 10.9 Å². The lowest BCUT2D eigenvalue weighted by Crippen LogP contribution is -2.08. The molecule has 0 bridgehead atoms. The maximum atomic E-state index is 12.4. The summed E-state index contributed by atoms with van der Waals surface area (Å²) < 4.78 is 37.1. The van der Waals surface area contributed by atoms with Crippen LogP contribution >= 0.6 is 0 Å². The van der Waals surface area contributed by atoms with Crippen LogP contribution in [0.15, 0.2) is 18.5 Å². The lowest BCUT2D eigenvalue weighted by molar-refractivity contribution is -0.139. The third kappa shape index (κ3) is 1.19. The Morgan fingerprint density at radius 2 is 2.07 bits per heavy atom. The predicted molar refractivity (Wildman–Crippen MR) is 45.5 cm³/mol. The Bertz CT molecular complexity index is 472. The second-order valence-electron chi connectivity index (χ2n) is 2.83. The van der Waals surface area contributed by atoms with E-state index in [1.807, 2.05) is 0 Å². The van der Waals surface area contributed by atoms with Crippen LogP contribution in [0.1, 0.15) is 5.69 Å². The van der Waals surface area contributed by atoms with Crippen LogP contribution in [-0.2, 0) is 6.18 Å². The van der Waals surface area contributed by atoms with Crippen LogP contribution in [0.2, 0.25) is 0 Å². The van der Waals surface area contributed by atoms with Crippen LogP contribution in [0, 0.1) is 0 Å². The molecular weight excluding hydrogens is 195 g/mol. The largest absolute Gasteiger partial charge is 0.433 e. The van der Waals surface area contributed by atoms with E-state index in [2.05, 4.69) is 9.97 Å².